The number of ether oxygens (including phenoxy) is 3. The highest BCUT2D eigenvalue weighted by molar-refractivity contribution is 7.89. The van der Waals surface area contributed by atoms with Gasteiger partial charge in [-0.25, -0.2) is 8.42 Å². The van der Waals surface area contributed by atoms with Crippen LogP contribution in [0.5, 0.6) is 0 Å². The summed E-state index contributed by atoms with van der Waals surface area (Å²) in [4.78, 5) is 51.7. The fraction of sp³-hybridized carbons (Fsp3) is 0.667. The molecule has 1 saturated heterocycles. The Morgan fingerprint density at radius 1 is 1.20 bits per heavy atom. The molecule has 7 atom stereocenters. The Bertz CT molecular complexity index is 1190. The topological polar surface area (TPSA) is 135 Å². The van der Waals surface area contributed by atoms with Gasteiger partial charge in [0.15, 0.2) is 11.9 Å². The summed E-state index contributed by atoms with van der Waals surface area (Å²) in [6, 6.07) is 1.58. The predicted octanol–water partition coefficient (Wildman–Crippen LogP) is 2.02. The molecule has 0 radical (unpaired) electrons. The third-order valence-electron chi connectivity index (χ3n) is 8.34. The van der Waals surface area contributed by atoms with Gasteiger partial charge in [0.25, 0.3) is 0 Å². The van der Waals surface area contributed by atoms with Crippen LogP contribution < -0.4 is 0 Å². The van der Waals surface area contributed by atoms with E-state index in [4.69, 9.17) is 14.2 Å². The van der Waals surface area contributed by atoms with Crippen molar-refractivity contribution >= 4 is 33.7 Å². The second-order valence-corrected chi connectivity index (χ2v) is 12.4. The molecule has 3 aliphatic rings. The van der Waals surface area contributed by atoms with E-state index < -0.39 is 68.7 Å². The lowest BCUT2D eigenvalue weighted by Gasteiger charge is -2.61. The molecule has 1 aromatic heterocycles. The van der Waals surface area contributed by atoms with Crippen LogP contribution in [0.3, 0.4) is 0 Å². The molecule has 35 heavy (non-hydrogen) atoms. The van der Waals surface area contributed by atoms with Crippen molar-refractivity contribution in [3.05, 3.63) is 24.0 Å². The molecule has 192 valence electrons. The van der Waals surface area contributed by atoms with E-state index in [0.29, 0.717) is 18.4 Å². The molecule has 3 fully saturated rings. The first kappa shape index (κ1) is 25.4. The van der Waals surface area contributed by atoms with Gasteiger partial charge in [0.2, 0.25) is 10.0 Å². The summed E-state index contributed by atoms with van der Waals surface area (Å²) >= 11 is 0. The predicted molar refractivity (Wildman–Crippen MR) is 121 cm³/mol. The summed E-state index contributed by atoms with van der Waals surface area (Å²) in [5.41, 5.74) is -1.23. The van der Waals surface area contributed by atoms with Crippen molar-refractivity contribution in [2.24, 2.45) is 28.6 Å². The van der Waals surface area contributed by atoms with Crippen molar-refractivity contribution in [3.8, 4) is 0 Å². The van der Waals surface area contributed by atoms with Gasteiger partial charge >= 0.3 is 17.9 Å². The maximum atomic E-state index is 13.8. The molecule has 2 heterocycles. The van der Waals surface area contributed by atoms with Crippen LogP contribution in [-0.4, -0.2) is 55.6 Å². The molecule has 2 saturated carbocycles. The minimum Gasteiger partial charge on any atom is -0.469 e. The zero-order valence-electron chi connectivity index (χ0n) is 20.5. The SMILES string of the molecule is COC(=O)[C@@H]1CC(OC(C)=O)C(=O)[C@H]2[C@@]1(C)CC[C@H]1C(=O)O[C@H](c3ccn(S(C)(=O)=O)c3)C[C@]21C. The fourth-order valence-electron chi connectivity index (χ4n) is 6.79. The second kappa shape index (κ2) is 8.46. The van der Waals surface area contributed by atoms with Crippen molar-refractivity contribution in [2.45, 2.75) is 58.7 Å². The zero-order chi connectivity index (χ0) is 25.9. The highest BCUT2D eigenvalue weighted by atomic mass is 32.2. The number of fused-ring (bicyclic) bond motifs is 3. The molecule has 1 aromatic rings. The van der Waals surface area contributed by atoms with Gasteiger partial charge in [0.05, 0.1) is 25.2 Å². The first-order chi connectivity index (χ1) is 16.2. The Labute approximate surface area is 204 Å². The van der Waals surface area contributed by atoms with Crippen LogP contribution in [0.15, 0.2) is 18.5 Å². The van der Waals surface area contributed by atoms with Gasteiger partial charge in [0, 0.05) is 37.2 Å². The molecule has 4 rings (SSSR count). The van der Waals surface area contributed by atoms with Gasteiger partial charge in [-0.1, -0.05) is 13.8 Å². The van der Waals surface area contributed by atoms with E-state index in [1.807, 2.05) is 13.8 Å². The normalized spacial score (nSPS) is 37.0. The van der Waals surface area contributed by atoms with Gasteiger partial charge in [-0.3, -0.25) is 23.2 Å². The molecule has 1 aliphatic heterocycles. The summed E-state index contributed by atoms with van der Waals surface area (Å²) in [5, 5.41) is 0. The maximum absolute atomic E-state index is 13.8. The Balaban J connectivity index is 1.78. The van der Waals surface area contributed by atoms with Gasteiger partial charge in [-0.2, -0.15) is 0 Å². The van der Waals surface area contributed by atoms with Gasteiger partial charge < -0.3 is 14.2 Å². The number of carbonyl (C=O) groups is 4. The van der Waals surface area contributed by atoms with Crippen molar-refractivity contribution in [1.29, 1.82) is 0 Å². The van der Waals surface area contributed by atoms with Crippen LogP contribution in [0, 0.1) is 28.6 Å². The Kier molecular flexibility index (Phi) is 6.14. The molecule has 0 bridgehead atoms. The Morgan fingerprint density at radius 3 is 2.46 bits per heavy atom. The van der Waals surface area contributed by atoms with Crippen molar-refractivity contribution in [3.63, 3.8) is 0 Å². The number of carbonyl (C=O) groups excluding carboxylic acids is 4. The van der Waals surface area contributed by atoms with Crippen molar-refractivity contribution in [1.82, 2.24) is 3.97 Å². The summed E-state index contributed by atoms with van der Waals surface area (Å²) in [7, 11) is -2.24. The maximum Gasteiger partial charge on any atom is 0.310 e. The van der Waals surface area contributed by atoms with Crippen LogP contribution in [0.1, 0.15) is 58.1 Å². The number of ketones is 1. The molecule has 10 nitrogen and oxygen atoms in total. The molecule has 0 N–H and O–H groups in total. The molecular formula is C24H31NO9S. The van der Waals surface area contributed by atoms with E-state index in [1.165, 1.54) is 26.4 Å². The number of Topliss-reactive ketones (excluding diaryl/α,β-unsaturated/α-hetero) is 1. The molecule has 2 aliphatic carbocycles. The summed E-state index contributed by atoms with van der Waals surface area (Å²) in [6.45, 7) is 4.93. The highest BCUT2D eigenvalue weighted by Gasteiger charge is 2.67. The number of esters is 3. The number of hydrogen-bond acceptors (Lipinski definition) is 9. The van der Waals surface area contributed by atoms with Crippen LogP contribution in [-0.2, 0) is 43.4 Å². The number of aromatic nitrogens is 1. The minimum absolute atomic E-state index is 0.0317. The average molecular weight is 510 g/mol. The number of methoxy groups -OCH3 is 1. The standard InChI is InChI=1S/C24H31NO9S/c1-13(26)33-17-10-16(21(28)32-4)23(2)8-6-15-22(29)34-18(11-24(15,3)20(23)19(17)27)14-7-9-25(12-14)35(5,30)31/h7,9,12,15-18,20H,6,8,10-11H2,1-5H3/t15-,16-,17?,18-,20-,23-,24-/m0/s1. The largest absolute Gasteiger partial charge is 0.469 e. The molecule has 1 unspecified atom stereocenters. The second-order valence-electron chi connectivity index (χ2n) is 10.5. The highest BCUT2D eigenvalue weighted by Crippen LogP contribution is 2.65. The van der Waals surface area contributed by atoms with E-state index in [9.17, 15) is 27.6 Å². The van der Waals surface area contributed by atoms with E-state index in [2.05, 4.69) is 0 Å². The lowest BCUT2D eigenvalue weighted by molar-refractivity contribution is -0.210. The number of hydrogen-bond donors (Lipinski definition) is 0. The van der Waals surface area contributed by atoms with Gasteiger partial charge in [-0.15, -0.1) is 0 Å². The van der Waals surface area contributed by atoms with Crippen LogP contribution in [0.2, 0.25) is 0 Å². The van der Waals surface area contributed by atoms with Crippen LogP contribution >= 0.6 is 0 Å². The minimum atomic E-state index is -3.53. The average Bonchev–Trinajstić information content (AvgIpc) is 3.25. The third kappa shape index (κ3) is 4.07. The Hall–Kier alpha value is -2.69. The van der Waals surface area contributed by atoms with E-state index in [-0.39, 0.29) is 18.6 Å². The Morgan fingerprint density at radius 2 is 1.89 bits per heavy atom. The smallest absolute Gasteiger partial charge is 0.310 e. The fourth-order valence-corrected chi connectivity index (χ4v) is 7.39. The summed E-state index contributed by atoms with van der Waals surface area (Å²) in [5.74, 6) is -3.94. The number of nitrogens with zero attached hydrogens (tertiary/aromatic N) is 1. The zero-order valence-corrected chi connectivity index (χ0v) is 21.3. The lowest BCUT2D eigenvalue weighted by Crippen LogP contribution is -2.64. The van der Waals surface area contributed by atoms with Crippen molar-refractivity contribution < 1.29 is 41.8 Å². The third-order valence-corrected chi connectivity index (χ3v) is 9.33. The summed E-state index contributed by atoms with van der Waals surface area (Å²) < 4.78 is 41.1. The quantitative estimate of drug-likeness (QED) is 0.441. The monoisotopic (exact) mass is 509 g/mol. The number of cyclic esters (lactones) is 1. The van der Waals surface area contributed by atoms with Crippen LogP contribution in [0.25, 0.3) is 0 Å². The van der Waals surface area contributed by atoms with Crippen molar-refractivity contribution in [2.75, 3.05) is 13.4 Å². The number of rotatable bonds is 4. The van der Waals surface area contributed by atoms with Gasteiger partial charge in [-0.05, 0) is 36.2 Å². The van der Waals surface area contributed by atoms with E-state index in [0.717, 1.165) is 10.2 Å². The first-order valence-corrected chi connectivity index (χ1v) is 13.4. The first-order valence-electron chi connectivity index (χ1n) is 11.6. The van der Waals surface area contributed by atoms with Crippen LogP contribution in [0.4, 0.5) is 0 Å². The molecule has 11 heteroatoms. The van der Waals surface area contributed by atoms with E-state index >= 15 is 0 Å². The van der Waals surface area contributed by atoms with Gasteiger partial charge in [0.1, 0.15) is 6.10 Å². The summed E-state index contributed by atoms with van der Waals surface area (Å²) in [6.07, 6.45) is 3.11. The molecule has 0 spiro atoms. The lowest BCUT2D eigenvalue weighted by atomic mass is 9.43. The molecular weight excluding hydrogens is 478 g/mol. The van der Waals surface area contributed by atoms with E-state index in [1.54, 1.807) is 6.07 Å². The molecule has 0 aromatic carbocycles. The molecule has 0 amide bonds.